The first-order chi connectivity index (χ1) is 9.79. The molecule has 0 unspecified atom stereocenters. The Kier molecular flexibility index (Phi) is 4.06. The Morgan fingerprint density at radius 3 is 2.29 bits per heavy atom. The Balaban J connectivity index is 2.35. The summed E-state index contributed by atoms with van der Waals surface area (Å²) in [4.78, 5) is 10.6. The highest BCUT2D eigenvalue weighted by atomic mass is 35.5. The molecule has 0 fully saturated rings. The minimum absolute atomic E-state index is 0.0852. The van der Waals surface area contributed by atoms with Crippen LogP contribution in [0.1, 0.15) is 10.4 Å². The second-order valence-corrected chi connectivity index (χ2v) is 6.26. The molecule has 0 aromatic heterocycles. The number of rotatable bonds is 4. The number of nitrogen functional groups attached to an aromatic ring is 1. The molecule has 2 aromatic rings. The summed E-state index contributed by atoms with van der Waals surface area (Å²) >= 11 is 5.72. The minimum atomic E-state index is -3.91. The van der Waals surface area contributed by atoms with Gasteiger partial charge < -0.3 is 10.8 Å². The van der Waals surface area contributed by atoms with E-state index < -0.39 is 16.0 Å². The maximum atomic E-state index is 12.2. The molecule has 110 valence electrons. The van der Waals surface area contributed by atoms with E-state index in [0.29, 0.717) is 10.7 Å². The van der Waals surface area contributed by atoms with Gasteiger partial charge in [-0.25, -0.2) is 13.2 Å². The Hall–Kier alpha value is -2.25. The van der Waals surface area contributed by atoms with Crippen molar-refractivity contribution in [1.29, 1.82) is 0 Å². The average molecular weight is 327 g/mol. The van der Waals surface area contributed by atoms with Gasteiger partial charge in [-0.1, -0.05) is 11.6 Å². The van der Waals surface area contributed by atoms with Gasteiger partial charge in [-0.05, 0) is 42.5 Å². The number of nitrogens with one attached hydrogen (secondary N) is 1. The maximum absolute atomic E-state index is 12.2. The first kappa shape index (κ1) is 15.1. The second-order valence-electron chi connectivity index (χ2n) is 4.17. The van der Waals surface area contributed by atoms with Gasteiger partial charge in [-0.15, -0.1) is 0 Å². The predicted molar refractivity (Wildman–Crippen MR) is 80.1 cm³/mol. The molecule has 4 N–H and O–H groups in total. The number of carboxylic acids is 1. The van der Waals surface area contributed by atoms with E-state index in [1.54, 1.807) is 0 Å². The van der Waals surface area contributed by atoms with Crippen molar-refractivity contribution in [2.45, 2.75) is 4.90 Å². The Bertz CT molecular complexity index is 788. The molecular formula is C13H11ClN2O4S. The fourth-order valence-electron chi connectivity index (χ4n) is 1.65. The monoisotopic (exact) mass is 326 g/mol. The van der Waals surface area contributed by atoms with Crippen molar-refractivity contribution in [2.75, 3.05) is 10.5 Å². The fourth-order valence-corrected chi connectivity index (χ4v) is 2.95. The first-order valence-electron chi connectivity index (χ1n) is 5.71. The minimum Gasteiger partial charge on any atom is -0.478 e. The molecule has 0 aliphatic carbocycles. The summed E-state index contributed by atoms with van der Waals surface area (Å²) in [6.07, 6.45) is 0. The molecule has 8 heteroatoms. The van der Waals surface area contributed by atoms with Gasteiger partial charge in [0.05, 0.1) is 11.3 Å². The molecule has 2 rings (SSSR count). The Labute approximate surface area is 126 Å². The van der Waals surface area contributed by atoms with Gasteiger partial charge in [0.1, 0.15) is 4.90 Å². The maximum Gasteiger partial charge on any atom is 0.335 e. The number of anilines is 2. The fraction of sp³-hybridized carbons (Fsp3) is 0. The lowest BCUT2D eigenvalue weighted by atomic mass is 10.2. The third-order valence-electron chi connectivity index (χ3n) is 2.64. The van der Waals surface area contributed by atoms with E-state index in [9.17, 15) is 13.2 Å². The van der Waals surface area contributed by atoms with Crippen LogP contribution in [0.25, 0.3) is 0 Å². The van der Waals surface area contributed by atoms with E-state index in [2.05, 4.69) is 4.72 Å². The standard InChI is InChI=1S/C13H11ClN2O4S/c14-9-2-4-10(5-3-9)16-21(19,20)12-6-1-8(13(17)18)7-11(12)15/h1-7,16H,15H2,(H,17,18). The van der Waals surface area contributed by atoms with Crippen LogP contribution in [0, 0.1) is 0 Å². The number of hydrogen-bond donors (Lipinski definition) is 3. The highest BCUT2D eigenvalue weighted by Gasteiger charge is 2.19. The molecule has 0 saturated carbocycles. The van der Waals surface area contributed by atoms with Crippen LogP contribution in [-0.2, 0) is 10.0 Å². The van der Waals surface area contributed by atoms with E-state index in [4.69, 9.17) is 22.4 Å². The lowest BCUT2D eigenvalue weighted by Gasteiger charge is -2.10. The van der Waals surface area contributed by atoms with Crippen LogP contribution in [0.5, 0.6) is 0 Å². The van der Waals surface area contributed by atoms with Gasteiger partial charge in [0.2, 0.25) is 0 Å². The van der Waals surface area contributed by atoms with Gasteiger partial charge in [-0.3, -0.25) is 4.72 Å². The Morgan fingerprint density at radius 2 is 1.76 bits per heavy atom. The molecule has 0 amide bonds. The molecule has 0 heterocycles. The smallest absolute Gasteiger partial charge is 0.335 e. The lowest BCUT2D eigenvalue weighted by Crippen LogP contribution is -2.15. The molecule has 0 aliphatic rings. The van der Waals surface area contributed by atoms with Crippen molar-refractivity contribution in [3.8, 4) is 0 Å². The van der Waals surface area contributed by atoms with Crippen molar-refractivity contribution in [1.82, 2.24) is 0 Å². The van der Waals surface area contributed by atoms with Gasteiger partial charge in [0.25, 0.3) is 10.0 Å². The lowest BCUT2D eigenvalue weighted by molar-refractivity contribution is 0.0697. The van der Waals surface area contributed by atoms with Crippen LogP contribution in [0.3, 0.4) is 0 Å². The number of benzene rings is 2. The third kappa shape index (κ3) is 3.45. The largest absolute Gasteiger partial charge is 0.478 e. The second kappa shape index (κ2) is 5.63. The van der Waals surface area contributed by atoms with Crippen molar-refractivity contribution in [3.63, 3.8) is 0 Å². The molecule has 2 aromatic carbocycles. The topological polar surface area (TPSA) is 109 Å². The molecule has 0 radical (unpaired) electrons. The zero-order valence-corrected chi connectivity index (χ0v) is 12.1. The number of halogens is 1. The summed E-state index contributed by atoms with van der Waals surface area (Å²) in [5.41, 5.74) is 5.71. The SMILES string of the molecule is Nc1cc(C(=O)O)ccc1S(=O)(=O)Nc1ccc(Cl)cc1. The summed E-state index contributed by atoms with van der Waals surface area (Å²) < 4.78 is 26.8. The molecule has 21 heavy (non-hydrogen) atoms. The van der Waals surface area contributed by atoms with Gasteiger partial charge in [-0.2, -0.15) is 0 Å². The van der Waals surface area contributed by atoms with Crippen molar-refractivity contribution < 1.29 is 18.3 Å². The number of aromatic carboxylic acids is 1. The van der Waals surface area contributed by atoms with E-state index in [1.165, 1.54) is 30.3 Å². The molecule has 0 spiro atoms. The molecule has 0 atom stereocenters. The number of hydrogen-bond acceptors (Lipinski definition) is 4. The predicted octanol–water partition coefficient (Wildman–Crippen LogP) is 2.42. The number of sulfonamides is 1. The van der Waals surface area contributed by atoms with E-state index in [1.807, 2.05) is 0 Å². The molecular weight excluding hydrogens is 316 g/mol. The van der Waals surface area contributed by atoms with Crippen molar-refractivity contribution in [3.05, 3.63) is 53.1 Å². The van der Waals surface area contributed by atoms with Crippen molar-refractivity contribution >= 4 is 39.0 Å². The van der Waals surface area contributed by atoms with Crippen LogP contribution in [-0.4, -0.2) is 19.5 Å². The highest BCUT2D eigenvalue weighted by Crippen LogP contribution is 2.23. The number of nitrogens with two attached hydrogens (primary N) is 1. The molecule has 0 bridgehead atoms. The summed E-state index contributed by atoms with van der Waals surface area (Å²) in [6.45, 7) is 0. The van der Waals surface area contributed by atoms with Gasteiger partial charge in [0.15, 0.2) is 0 Å². The van der Waals surface area contributed by atoms with Gasteiger partial charge in [0, 0.05) is 10.7 Å². The summed E-state index contributed by atoms with van der Waals surface area (Å²) in [5, 5.41) is 9.31. The van der Waals surface area contributed by atoms with Crippen LogP contribution in [0.4, 0.5) is 11.4 Å². The summed E-state index contributed by atoms with van der Waals surface area (Å²) in [5.74, 6) is -1.18. The van der Waals surface area contributed by atoms with Crippen LogP contribution in [0.2, 0.25) is 5.02 Å². The van der Waals surface area contributed by atoms with Crippen molar-refractivity contribution in [2.24, 2.45) is 0 Å². The van der Waals surface area contributed by atoms with Crippen LogP contribution in [0.15, 0.2) is 47.4 Å². The zero-order chi connectivity index (χ0) is 15.6. The van der Waals surface area contributed by atoms with E-state index in [0.717, 1.165) is 12.1 Å². The van der Waals surface area contributed by atoms with E-state index >= 15 is 0 Å². The quantitative estimate of drug-likeness (QED) is 0.747. The Morgan fingerprint density at radius 1 is 1.14 bits per heavy atom. The summed E-state index contributed by atoms with van der Waals surface area (Å²) in [6, 6.07) is 9.50. The zero-order valence-electron chi connectivity index (χ0n) is 10.6. The van der Waals surface area contributed by atoms with Gasteiger partial charge >= 0.3 is 5.97 Å². The molecule has 6 nitrogen and oxygen atoms in total. The van der Waals surface area contributed by atoms with E-state index in [-0.39, 0.29) is 16.1 Å². The highest BCUT2D eigenvalue weighted by molar-refractivity contribution is 7.92. The summed E-state index contributed by atoms with van der Waals surface area (Å²) in [7, 11) is -3.91. The van der Waals surface area contributed by atoms with Crippen LogP contribution < -0.4 is 10.5 Å². The normalized spacial score (nSPS) is 11.1. The number of carbonyl (C=O) groups is 1. The number of carboxylic acid groups (broad SMARTS) is 1. The first-order valence-corrected chi connectivity index (χ1v) is 7.57. The average Bonchev–Trinajstić information content (AvgIpc) is 2.40. The third-order valence-corrected chi connectivity index (χ3v) is 4.35. The molecule has 0 saturated heterocycles. The molecule has 0 aliphatic heterocycles. The van der Waals surface area contributed by atoms with Crippen LogP contribution >= 0.6 is 11.6 Å².